The Bertz CT molecular complexity index is 730. The molecule has 1 aromatic carbocycles. The molecule has 0 atom stereocenters. The normalized spacial score (nSPS) is 11.4. The number of nitrogens with zero attached hydrogens (tertiary/aromatic N) is 3. The van der Waals surface area contributed by atoms with Gasteiger partial charge in [0.15, 0.2) is 0 Å². The molecule has 0 spiro atoms. The van der Waals surface area contributed by atoms with Crippen molar-refractivity contribution in [3.05, 3.63) is 36.0 Å². The largest absolute Gasteiger partial charge is 0.392 e. The van der Waals surface area contributed by atoms with Gasteiger partial charge in [-0.15, -0.1) is 5.10 Å². The van der Waals surface area contributed by atoms with Gasteiger partial charge in [-0.3, -0.25) is 0 Å². The van der Waals surface area contributed by atoms with E-state index in [1.807, 2.05) is 35.0 Å². The maximum atomic E-state index is 9.10. The maximum absolute atomic E-state index is 9.10. The van der Waals surface area contributed by atoms with E-state index in [2.05, 4.69) is 29.2 Å². The van der Waals surface area contributed by atoms with Crippen LogP contribution in [0.15, 0.2) is 30.5 Å². The van der Waals surface area contributed by atoms with Crippen LogP contribution in [0.2, 0.25) is 0 Å². The number of nitrogens with one attached hydrogen (secondary N) is 1. The highest BCUT2D eigenvalue weighted by atomic mass is 32.1. The lowest BCUT2D eigenvalue weighted by molar-refractivity contribution is 0.282. The lowest BCUT2D eigenvalue weighted by Crippen LogP contribution is -2.07. The third-order valence-electron chi connectivity index (χ3n) is 3.18. The summed E-state index contributed by atoms with van der Waals surface area (Å²) in [5.74, 6) is 0.576. The van der Waals surface area contributed by atoms with Gasteiger partial charge in [-0.2, -0.15) is 0 Å². The van der Waals surface area contributed by atoms with Crippen LogP contribution in [0.3, 0.4) is 0 Å². The molecule has 6 heteroatoms. The standard InChI is InChI=1S/C15H18N4OS/c1-10(2)7-16-14-18-19-13(8-17-15(19)21-14)12-5-3-11(9-20)4-6-12/h3-6,8,10,20H,7,9H2,1-2H3,(H,16,18). The predicted octanol–water partition coefficient (Wildman–Crippen LogP) is 3.02. The monoisotopic (exact) mass is 302 g/mol. The highest BCUT2D eigenvalue weighted by Crippen LogP contribution is 2.26. The van der Waals surface area contributed by atoms with Crippen molar-refractivity contribution in [3.63, 3.8) is 0 Å². The second-order valence-corrected chi connectivity index (χ2v) is 6.33. The van der Waals surface area contributed by atoms with E-state index in [9.17, 15) is 0 Å². The molecule has 110 valence electrons. The van der Waals surface area contributed by atoms with Crippen LogP contribution in [0.5, 0.6) is 0 Å². The average Bonchev–Trinajstić information content (AvgIpc) is 3.05. The first-order chi connectivity index (χ1) is 10.2. The van der Waals surface area contributed by atoms with Gasteiger partial charge in [-0.25, -0.2) is 9.50 Å². The number of benzene rings is 1. The summed E-state index contributed by atoms with van der Waals surface area (Å²) in [6, 6.07) is 7.79. The molecule has 21 heavy (non-hydrogen) atoms. The van der Waals surface area contributed by atoms with E-state index >= 15 is 0 Å². The molecule has 0 saturated heterocycles. The van der Waals surface area contributed by atoms with Crippen LogP contribution in [0.4, 0.5) is 5.13 Å². The number of rotatable bonds is 5. The van der Waals surface area contributed by atoms with Crippen molar-refractivity contribution in [2.24, 2.45) is 5.92 Å². The molecule has 0 aliphatic rings. The molecule has 0 amide bonds. The van der Waals surface area contributed by atoms with Crippen molar-refractivity contribution in [1.29, 1.82) is 0 Å². The molecule has 0 radical (unpaired) electrons. The fourth-order valence-corrected chi connectivity index (χ4v) is 2.82. The molecule has 0 bridgehead atoms. The molecule has 3 aromatic rings. The third-order valence-corrected chi connectivity index (χ3v) is 4.06. The van der Waals surface area contributed by atoms with E-state index in [1.54, 1.807) is 11.3 Å². The Hall–Kier alpha value is -1.92. The van der Waals surface area contributed by atoms with Crippen LogP contribution in [0.1, 0.15) is 19.4 Å². The zero-order valence-electron chi connectivity index (χ0n) is 12.1. The second kappa shape index (κ2) is 5.83. The Morgan fingerprint density at radius 1 is 1.29 bits per heavy atom. The van der Waals surface area contributed by atoms with Crippen LogP contribution in [0, 0.1) is 5.92 Å². The summed E-state index contributed by atoms with van der Waals surface area (Å²) in [6.45, 7) is 5.29. The molecule has 0 aliphatic heterocycles. The zero-order chi connectivity index (χ0) is 14.8. The number of hydrogen-bond donors (Lipinski definition) is 2. The molecule has 0 saturated carbocycles. The van der Waals surface area contributed by atoms with E-state index in [4.69, 9.17) is 5.11 Å². The third kappa shape index (κ3) is 2.91. The Kier molecular flexibility index (Phi) is 3.90. The Balaban J connectivity index is 1.91. The van der Waals surface area contributed by atoms with Crippen molar-refractivity contribution >= 4 is 21.4 Å². The predicted molar refractivity (Wildman–Crippen MR) is 85.6 cm³/mol. The summed E-state index contributed by atoms with van der Waals surface area (Å²) in [6.07, 6.45) is 1.83. The van der Waals surface area contributed by atoms with Gasteiger partial charge in [-0.05, 0) is 11.5 Å². The highest BCUT2D eigenvalue weighted by Gasteiger charge is 2.11. The van der Waals surface area contributed by atoms with E-state index in [0.717, 1.165) is 33.5 Å². The number of anilines is 1. The summed E-state index contributed by atoms with van der Waals surface area (Å²) >= 11 is 1.55. The molecular formula is C15H18N4OS. The number of aromatic nitrogens is 3. The van der Waals surface area contributed by atoms with Crippen molar-refractivity contribution < 1.29 is 5.11 Å². The minimum atomic E-state index is 0.0576. The lowest BCUT2D eigenvalue weighted by Gasteiger charge is -2.04. The van der Waals surface area contributed by atoms with E-state index < -0.39 is 0 Å². The van der Waals surface area contributed by atoms with Gasteiger partial charge < -0.3 is 10.4 Å². The Labute approximate surface area is 127 Å². The molecular weight excluding hydrogens is 284 g/mol. The molecule has 2 heterocycles. The van der Waals surface area contributed by atoms with Gasteiger partial charge >= 0.3 is 0 Å². The molecule has 0 aliphatic carbocycles. The van der Waals surface area contributed by atoms with Gasteiger partial charge in [-0.1, -0.05) is 49.4 Å². The van der Waals surface area contributed by atoms with Crippen molar-refractivity contribution in [2.75, 3.05) is 11.9 Å². The van der Waals surface area contributed by atoms with Crippen LogP contribution >= 0.6 is 11.3 Å². The number of aliphatic hydroxyl groups excluding tert-OH is 1. The summed E-state index contributed by atoms with van der Waals surface area (Å²) in [5.41, 5.74) is 2.90. The molecule has 2 aromatic heterocycles. The second-order valence-electron chi connectivity index (χ2n) is 5.37. The zero-order valence-corrected chi connectivity index (χ0v) is 12.9. The Morgan fingerprint density at radius 3 is 2.71 bits per heavy atom. The van der Waals surface area contributed by atoms with Crippen LogP contribution < -0.4 is 5.32 Å². The van der Waals surface area contributed by atoms with Crippen LogP contribution in [0.25, 0.3) is 16.2 Å². The number of imidazole rings is 1. The van der Waals surface area contributed by atoms with Crippen LogP contribution in [-0.2, 0) is 6.61 Å². The SMILES string of the molecule is CC(C)CNc1nn2c(-c3ccc(CO)cc3)cnc2s1. The molecule has 0 fully saturated rings. The first-order valence-corrected chi connectivity index (χ1v) is 7.77. The quantitative estimate of drug-likeness (QED) is 0.760. The van der Waals surface area contributed by atoms with Gasteiger partial charge in [0.1, 0.15) is 0 Å². The van der Waals surface area contributed by atoms with Gasteiger partial charge in [0.2, 0.25) is 10.1 Å². The fraction of sp³-hybridized carbons (Fsp3) is 0.333. The first-order valence-electron chi connectivity index (χ1n) is 6.96. The first kappa shape index (κ1) is 14.0. The number of fused-ring (bicyclic) bond motifs is 1. The van der Waals surface area contributed by atoms with Crippen molar-refractivity contribution in [2.45, 2.75) is 20.5 Å². The highest BCUT2D eigenvalue weighted by molar-refractivity contribution is 7.20. The lowest BCUT2D eigenvalue weighted by atomic mass is 10.1. The van der Waals surface area contributed by atoms with Gasteiger partial charge in [0.25, 0.3) is 0 Å². The maximum Gasteiger partial charge on any atom is 0.214 e. The summed E-state index contributed by atoms with van der Waals surface area (Å²) in [5, 5.41) is 17.9. The Morgan fingerprint density at radius 2 is 2.05 bits per heavy atom. The van der Waals surface area contributed by atoms with Gasteiger partial charge in [0.05, 0.1) is 18.5 Å². The van der Waals surface area contributed by atoms with Crippen molar-refractivity contribution in [1.82, 2.24) is 14.6 Å². The summed E-state index contributed by atoms with van der Waals surface area (Å²) in [7, 11) is 0. The van der Waals surface area contributed by atoms with Crippen LogP contribution in [-0.4, -0.2) is 26.2 Å². The topological polar surface area (TPSA) is 62.5 Å². The molecule has 3 rings (SSSR count). The van der Waals surface area contributed by atoms with Crippen molar-refractivity contribution in [3.8, 4) is 11.3 Å². The average molecular weight is 302 g/mol. The summed E-state index contributed by atoms with van der Waals surface area (Å²) < 4.78 is 1.86. The number of aliphatic hydroxyl groups is 1. The fourth-order valence-electron chi connectivity index (χ4n) is 2.03. The smallest absolute Gasteiger partial charge is 0.214 e. The molecule has 5 nitrogen and oxygen atoms in total. The minimum absolute atomic E-state index is 0.0576. The van der Waals surface area contributed by atoms with E-state index in [-0.39, 0.29) is 6.61 Å². The van der Waals surface area contributed by atoms with E-state index in [0.29, 0.717) is 5.92 Å². The molecule has 0 unspecified atom stereocenters. The summed E-state index contributed by atoms with van der Waals surface area (Å²) in [4.78, 5) is 5.29. The van der Waals surface area contributed by atoms with Gasteiger partial charge in [0, 0.05) is 12.1 Å². The molecule has 2 N–H and O–H groups in total. The minimum Gasteiger partial charge on any atom is -0.392 e. The number of hydrogen-bond acceptors (Lipinski definition) is 5. The van der Waals surface area contributed by atoms with E-state index in [1.165, 1.54) is 0 Å².